The summed E-state index contributed by atoms with van der Waals surface area (Å²) in [6, 6.07) is 13.3. The second-order valence-corrected chi connectivity index (χ2v) is 6.30. The second-order valence-electron chi connectivity index (χ2n) is 6.30. The number of nitrogens with one attached hydrogen (secondary N) is 1. The molecule has 1 unspecified atom stereocenters. The molecule has 1 heterocycles. The van der Waals surface area contributed by atoms with Gasteiger partial charge in [0.25, 0.3) is 0 Å². The number of benzene rings is 2. The Morgan fingerprint density at radius 2 is 2.04 bits per heavy atom. The molecule has 0 aliphatic rings. The number of imidazole rings is 1. The minimum atomic E-state index is -0.441. The fourth-order valence-electron chi connectivity index (χ4n) is 2.93. The van der Waals surface area contributed by atoms with Crippen molar-refractivity contribution in [3.05, 3.63) is 83.7 Å². The van der Waals surface area contributed by atoms with E-state index < -0.39 is 6.04 Å². The maximum atomic E-state index is 13.3. The number of aromatic nitrogens is 2. The number of nitrogens with zero attached hydrogens (tertiary/aromatic N) is 2. The van der Waals surface area contributed by atoms with Crippen LogP contribution in [0.1, 0.15) is 29.4 Å². The number of rotatable bonds is 7. The molecule has 0 spiro atoms. The second kappa shape index (κ2) is 8.49. The predicted molar refractivity (Wildman–Crippen MR) is 101 cm³/mol. The third kappa shape index (κ3) is 4.73. The van der Waals surface area contributed by atoms with Crippen molar-refractivity contribution in [3.8, 4) is 5.75 Å². The van der Waals surface area contributed by atoms with Crippen LogP contribution in [0.15, 0.2) is 60.9 Å². The highest BCUT2D eigenvalue weighted by Gasteiger charge is 2.20. The average Bonchev–Trinajstić information content (AvgIpc) is 3.11. The molecule has 0 fully saturated rings. The van der Waals surface area contributed by atoms with Gasteiger partial charge in [0.2, 0.25) is 5.91 Å². The third-order valence-electron chi connectivity index (χ3n) is 4.40. The molecule has 0 aliphatic heterocycles. The van der Waals surface area contributed by atoms with Crippen LogP contribution in [-0.4, -0.2) is 22.6 Å². The quantitative estimate of drug-likeness (QED) is 0.696. The monoisotopic (exact) mass is 367 g/mol. The van der Waals surface area contributed by atoms with E-state index in [-0.39, 0.29) is 11.7 Å². The molecule has 0 saturated carbocycles. The van der Waals surface area contributed by atoms with Crippen molar-refractivity contribution in [2.24, 2.45) is 7.05 Å². The summed E-state index contributed by atoms with van der Waals surface area (Å²) in [6.07, 6.45) is 4.41. The van der Waals surface area contributed by atoms with Crippen molar-refractivity contribution in [2.45, 2.75) is 18.9 Å². The number of halogens is 1. The Morgan fingerprint density at radius 3 is 2.70 bits per heavy atom. The minimum absolute atomic E-state index is 0.102. The standard InChI is InChI=1S/C21H22FN3O2/c1-25-13-12-23-21(25)20(16-7-9-17(22)10-8-16)24-19(26)11-6-15-4-3-5-18(14-15)27-2/h3-5,7-10,12-14,20H,6,11H2,1-2H3,(H,24,26). The van der Waals surface area contributed by atoms with Crippen molar-refractivity contribution < 1.29 is 13.9 Å². The highest BCUT2D eigenvalue weighted by Crippen LogP contribution is 2.21. The Morgan fingerprint density at radius 1 is 1.26 bits per heavy atom. The molecule has 1 N–H and O–H groups in total. The topological polar surface area (TPSA) is 56.1 Å². The lowest BCUT2D eigenvalue weighted by molar-refractivity contribution is -0.121. The first-order chi connectivity index (χ1) is 13.1. The minimum Gasteiger partial charge on any atom is -0.497 e. The SMILES string of the molecule is COc1cccc(CCC(=O)NC(c2ccc(F)cc2)c2nccn2C)c1. The number of aryl methyl sites for hydroxylation is 2. The van der Waals surface area contributed by atoms with E-state index in [0.717, 1.165) is 16.9 Å². The number of carbonyl (C=O) groups is 1. The molecule has 1 amide bonds. The van der Waals surface area contributed by atoms with Gasteiger partial charge in [-0.2, -0.15) is 0 Å². The van der Waals surface area contributed by atoms with Crippen LogP contribution in [-0.2, 0) is 18.3 Å². The van der Waals surface area contributed by atoms with Gasteiger partial charge in [-0.3, -0.25) is 4.79 Å². The maximum absolute atomic E-state index is 13.3. The Balaban J connectivity index is 1.72. The van der Waals surface area contributed by atoms with Crippen LogP contribution in [0.5, 0.6) is 5.75 Å². The Kier molecular flexibility index (Phi) is 5.86. The Labute approximate surface area is 157 Å². The largest absolute Gasteiger partial charge is 0.497 e. The summed E-state index contributed by atoms with van der Waals surface area (Å²) >= 11 is 0. The van der Waals surface area contributed by atoms with Crippen molar-refractivity contribution in [2.75, 3.05) is 7.11 Å². The molecule has 140 valence electrons. The van der Waals surface area contributed by atoms with E-state index in [2.05, 4.69) is 10.3 Å². The number of methoxy groups -OCH3 is 1. The molecule has 3 rings (SSSR count). The van der Waals surface area contributed by atoms with E-state index >= 15 is 0 Å². The van der Waals surface area contributed by atoms with E-state index in [1.54, 1.807) is 25.4 Å². The summed E-state index contributed by atoms with van der Waals surface area (Å²) in [6.45, 7) is 0. The van der Waals surface area contributed by atoms with Gasteiger partial charge in [0.15, 0.2) is 0 Å². The summed E-state index contributed by atoms with van der Waals surface area (Å²) in [5.41, 5.74) is 1.81. The van der Waals surface area contributed by atoms with Crippen molar-refractivity contribution in [1.82, 2.24) is 14.9 Å². The molecular weight excluding hydrogens is 345 g/mol. The number of carbonyl (C=O) groups excluding carboxylic acids is 1. The number of ether oxygens (including phenoxy) is 1. The number of amides is 1. The maximum Gasteiger partial charge on any atom is 0.221 e. The predicted octanol–water partition coefficient (Wildman–Crippen LogP) is 3.41. The molecule has 6 heteroatoms. The third-order valence-corrected chi connectivity index (χ3v) is 4.40. The first-order valence-corrected chi connectivity index (χ1v) is 8.72. The lowest BCUT2D eigenvalue weighted by Gasteiger charge is -2.19. The molecular formula is C21H22FN3O2. The van der Waals surface area contributed by atoms with Crippen LogP contribution in [0.4, 0.5) is 4.39 Å². The van der Waals surface area contributed by atoms with Gasteiger partial charge in [0.05, 0.1) is 7.11 Å². The van der Waals surface area contributed by atoms with Crippen molar-refractivity contribution >= 4 is 5.91 Å². The lowest BCUT2D eigenvalue weighted by Crippen LogP contribution is -2.31. The van der Waals surface area contributed by atoms with Gasteiger partial charge in [-0.1, -0.05) is 24.3 Å². The highest BCUT2D eigenvalue weighted by atomic mass is 19.1. The average molecular weight is 367 g/mol. The Hall–Kier alpha value is -3.15. The van der Waals surface area contributed by atoms with Gasteiger partial charge in [0, 0.05) is 25.9 Å². The fourth-order valence-corrected chi connectivity index (χ4v) is 2.93. The summed E-state index contributed by atoms with van der Waals surface area (Å²) in [4.78, 5) is 16.9. The molecule has 0 bridgehead atoms. The number of hydrogen-bond donors (Lipinski definition) is 1. The van der Waals surface area contributed by atoms with E-state index in [1.807, 2.05) is 42.1 Å². The zero-order chi connectivity index (χ0) is 19.2. The highest BCUT2D eigenvalue weighted by molar-refractivity contribution is 5.77. The molecule has 0 aliphatic carbocycles. The van der Waals surface area contributed by atoms with Crippen LogP contribution in [0, 0.1) is 5.82 Å². The van der Waals surface area contributed by atoms with Gasteiger partial charge in [0.1, 0.15) is 23.4 Å². The van der Waals surface area contributed by atoms with Gasteiger partial charge >= 0.3 is 0 Å². The Bertz CT molecular complexity index is 906. The fraction of sp³-hybridized carbons (Fsp3) is 0.238. The van der Waals surface area contributed by atoms with Gasteiger partial charge in [-0.05, 0) is 41.8 Å². The molecule has 3 aromatic rings. The normalized spacial score (nSPS) is 11.8. The summed E-state index contributed by atoms with van der Waals surface area (Å²) in [5.74, 6) is 1.04. The van der Waals surface area contributed by atoms with Gasteiger partial charge in [-0.25, -0.2) is 9.37 Å². The van der Waals surface area contributed by atoms with Crippen LogP contribution in [0.2, 0.25) is 0 Å². The molecule has 1 atom stereocenters. The van der Waals surface area contributed by atoms with Gasteiger partial charge < -0.3 is 14.6 Å². The van der Waals surface area contributed by atoms with E-state index in [9.17, 15) is 9.18 Å². The van der Waals surface area contributed by atoms with Crippen molar-refractivity contribution in [1.29, 1.82) is 0 Å². The van der Waals surface area contributed by atoms with Crippen LogP contribution < -0.4 is 10.1 Å². The van der Waals surface area contributed by atoms with Crippen molar-refractivity contribution in [3.63, 3.8) is 0 Å². The zero-order valence-corrected chi connectivity index (χ0v) is 15.4. The summed E-state index contributed by atoms with van der Waals surface area (Å²) in [5, 5.41) is 3.02. The molecule has 5 nitrogen and oxygen atoms in total. The molecule has 2 aromatic carbocycles. The summed E-state index contributed by atoms with van der Waals surface area (Å²) < 4.78 is 20.3. The zero-order valence-electron chi connectivity index (χ0n) is 15.4. The molecule has 0 saturated heterocycles. The first kappa shape index (κ1) is 18.6. The van der Waals surface area contributed by atoms with E-state index in [0.29, 0.717) is 18.7 Å². The van der Waals surface area contributed by atoms with Crippen LogP contribution in [0.25, 0.3) is 0 Å². The van der Waals surface area contributed by atoms with Crippen LogP contribution in [0.3, 0.4) is 0 Å². The number of hydrogen-bond acceptors (Lipinski definition) is 3. The van der Waals surface area contributed by atoms with E-state index in [4.69, 9.17) is 4.74 Å². The summed E-state index contributed by atoms with van der Waals surface area (Å²) in [7, 11) is 3.48. The smallest absolute Gasteiger partial charge is 0.221 e. The lowest BCUT2D eigenvalue weighted by atomic mass is 10.0. The molecule has 1 aromatic heterocycles. The van der Waals surface area contributed by atoms with Gasteiger partial charge in [-0.15, -0.1) is 0 Å². The van der Waals surface area contributed by atoms with Crippen LogP contribution >= 0.6 is 0 Å². The van der Waals surface area contributed by atoms with E-state index in [1.165, 1.54) is 12.1 Å². The first-order valence-electron chi connectivity index (χ1n) is 8.72. The molecule has 27 heavy (non-hydrogen) atoms. The molecule has 0 radical (unpaired) electrons.